The number of aryl methyl sites for hydroxylation is 1. The van der Waals surface area contributed by atoms with E-state index in [1.54, 1.807) is 6.92 Å². The third-order valence-corrected chi connectivity index (χ3v) is 3.33. The van der Waals surface area contributed by atoms with Gasteiger partial charge < -0.3 is 15.0 Å². The zero-order chi connectivity index (χ0) is 13.7. The summed E-state index contributed by atoms with van der Waals surface area (Å²) in [7, 11) is 0. The number of aromatic nitrogens is 1. The fourth-order valence-corrected chi connectivity index (χ4v) is 2.23. The largest absolute Gasteiger partial charge is 0.378 e. The molecule has 1 saturated heterocycles. The summed E-state index contributed by atoms with van der Waals surface area (Å²) in [6, 6.07) is 1.43. The fourth-order valence-electron chi connectivity index (χ4n) is 2.23. The summed E-state index contributed by atoms with van der Waals surface area (Å²) in [4.78, 5) is 26.4. The SMILES string of the molecule is Cc1cc(=O)c(C(=O)NCCC2CCCCO2)c[nH]1. The van der Waals surface area contributed by atoms with Gasteiger partial charge in [0, 0.05) is 31.1 Å². The van der Waals surface area contributed by atoms with Gasteiger partial charge in [-0.3, -0.25) is 9.59 Å². The first-order chi connectivity index (χ1) is 9.16. The average molecular weight is 264 g/mol. The van der Waals surface area contributed by atoms with Crippen molar-refractivity contribution in [3.05, 3.63) is 33.7 Å². The number of nitrogens with one attached hydrogen (secondary N) is 2. The number of pyridine rings is 1. The maximum absolute atomic E-state index is 11.8. The van der Waals surface area contributed by atoms with Crippen molar-refractivity contribution in [1.29, 1.82) is 0 Å². The zero-order valence-electron chi connectivity index (χ0n) is 11.2. The molecule has 0 bridgehead atoms. The Morgan fingerprint density at radius 3 is 3.05 bits per heavy atom. The number of hydrogen-bond donors (Lipinski definition) is 2. The van der Waals surface area contributed by atoms with Crippen molar-refractivity contribution in [3.8, 4) is 0 Å². The molecule has 1 aromatic rings. The molecular formula is C14H20N2O3. The summed E-state index contributed by atoms with van der Waals surface area (Å²) in [6.45, 7) is 3.14. The Morgan fingerprint density at radius 2 is 2.37 bits per heavy atom. The molecule has 0 radical (unpaired) electrons. The van der Waals surface area contributed by atoms with E-state index in [0.717, 1.165) is 31.6 Å². The highest BCUT2D eigenvalue weighted by Gasteiger charge is 2.15. The molecule has 1 aliphatic rings. The summed E-state index contributed by atoms with van der Waals surface area (Å²) in [5, 5.41) is 2.77. The summed E-state index contributed by atoms with van der Waals surface area (Å²) in [6.07, 6.45) is 5.88. The Labute approximate surface area is 112 Å². The van der Waals surface area contributed by atoms with Crippen LogP contribution in [0.2, 0.25) is 0 Å². The van der Waals surface area contributed by atoms with E-state index < -0.39 is 0 Å². The molecule has 1 aromatic heterocycles. The van der Waals surface area contributed by atoms with Gasteiger partial charge >= 0.3 is 0 Å². The third-order valence-electron chi connectivity index (χ3n) is 3.33. The van der Waals surface area contributed by atoms with Crippen molar-refractivity contribution >= 4 is 5.91 Å². The van der Waals surface area contributed by atoms with Gasteiger partial charge in [-0.15, -0.1) is 0 Å². The minimum Gasteiger partial charge on any atom is -0.378 e. The molecule has 0 saturated carbocycles. The Bertz CT molecular complexity index is 490. The van der Waals surface area contributed by atoms with Crippen LogP contribution in [0.15, 0.2) is 17.1 Å². The molecule has 1 fully saturated rings. The Balaban J connectivity index is 1.82. The highest BCUT2D eigenvalue weighted by atomic mass is 16.5. The average Bonchev–Trinajstić information content (AvgIpc) is 2.39. The summed E-state index contributed by atoms with van der Waals surface area (Å²) < 4.78 is 5.59. The molecule has 104 valence electrons. The van der Waals surface area contributed by atoms with E-state index >= 15 is 0 Å². The number of carbonyl (C=O) groups excluding carboxylic acids is 1. The molecule has 2 heterocycles. The second kappa shape index (κ2) is 6.52. The molecule has 0 aliphatic carbocycles. The quantitative estimate of drug-likeness (QED) is 0.863. The summed E-state index contributed by atoms with van der Waals surface area (Å²) >= 11 is 0. The minimum atomic E-state index is -0.322. The van der Waals surface area contributed by atoms with Crippen LogP contribution in [0.3, 0.4) is 0 Å². The number of hydrogen-bond acceptors (Lipinski definition) is 3. The number of rotatable bonds is 4. The van der Waals surface area contributed by atoms with Gasteiger partial charge in [-0.05, 0) is 32.6 Å². The van der Waals surface area contributed by atoms with Crippen molar-refractivity contribution in [2.75, 3.05) is 13.2 Å². The van der Waals surface area contributed by atoms with Gasteiger partial charge in [0.1, 0.15) is 5.56 Å². The van der Waals surface area contributed by atoms with Gasteiger partial charge in [0.2, 0.25) is 0 Å². The topological polar surface area (TPSA) is 71.2 Å². The highest BCUT2D eigenvalue weighted by molar-refractivity contribution is 5.93. The van der Waals surface area contributed by atoms with Crippen molar-refractivity contribution in [2.45, 2.75) is 38.7 Å². The molecule has 1 aliphatic heterocycles. The molecule has 1 atom stereocenters. The zero-order valence-corrected chi connectivity index (χ0v) is 11.2. The molecule has 5 nitrogen and oxygen atoms in total. The summed E-state index contributed by atoms with van der Waals surface area (Å²) in [5.41, 5.74) is 0.662. The van der Waals surface area contributed by atoms with Crippen molar-refractivity contribution in [2.24, 2.45) is 0 Å². The molecule has 2 N–H and O–H groups in total. The van der Waals surface area contributed by atoms with Gasteiger partial charge in [0.25, 0.3) is 5.91 Å². The molecule has 2 rings (SSSR count). The van der Waals surface area contributed by atoms with Crippen LogP contribution in [0, 0.1) is 6.92 Å². The molecule has 0 aromatic carbocycles. The lowest BCUT2D eigenvalue weighted by Crippen LogP contribution is -2.32. The lowest BCUT2D eigenvalue weighted by molar-refractivity contribution is 0.0117. The van der Waals surface area contributed by atoms with Crippen molar-refractivity contribution in [3.63, 3.8) is 0 Å². The van der Waals surface area contributed by atoms with Crippen LogP contribution in [-0.2, 0) is 4.74 Å². The maximum Gasteiger partial charge on any atom is 0.256 e. The molecular weight excluding hydrogens is 244 g/mol. The van der Waals surface area contributed by atoms with E-state index in [0.29, 0.717) is 6.54 Å². The van der Waals surface area contributed by atoms with Crippen LogP contribution in [0.25, 0.3) is 0 Å². The van der Waals surface area contributed by atoms with Gasteiger partial charge in [0.05, 0.1) is 6.10 Å². The minimum absolute atomic E-state index is 0.162. The number of carbonyl (C=O) groups is 1. The predicted molar refractivity (Wildman–Crippen MR) is 72.3 cm³/mol. The van der Waals surface area contributed by atoms with Gasteiger partial charge in [-0.25, -0.2) is 0 Å². The van der Waals surface area contributed by atoms with Gasteiger partial charge in [-0.1, -0.05) is 0 Å². The molecule has 19 heavy (non-hydrogen) atoms. The third kappa shape index (κ3) is 3.92. The number of ether oxygens (including phenoxy) is 1. The van der Waals surface area contributed by atoms with E-state index in [2.05, 4.69) is 10.3 Å². The van der Waals surface area contributed by atoms with Crippen LogP contribution in [-0.4, -0.2) is 30.1 Å². The van der Waals surface area contributed by atoms with Crippen LogP contribution in [0.5, 0.6) is 0 Å². The van der Waals surface area contributed by atoms with Crippen LogP contribution < -0.4 is 10.7 Å². The van der Waals surface area contributed by atoms with E-state index in [9.17, 15) is 9.59 Å². The van der Waals surface area contributed by atoms with Crippen LogP contribution >= 0.6 is 0 Å². The van der Waals surface area contributed by atoms with Crippen molar-refractivity contribution < 1.29 is 9.53 Å². The van der Waals surface area contributed by atoms with E-state index in [-0.39, 0.29) is 23.0 Å². The number of H-pyrrole nitrogens is 1. The highest BCUT2D eigenvalue weighted by Crippen LogP contribution is 2.14. The Morgan fingerprint density at radius 1 is 1.53 bits per heavy atom. The monoisotopic (exact) mass is 264 g/mol. The lowest BCUT2D eigenvalue weighted by atomic mass is 10.1. The fraction of sp³-hybridized carbons (Fsp3) is 0.571. The smallest absolute Gasteiger partial charge is 0.256 e. The summed E-state index contributed by atoms with van der Waals surface area (Å²) in [5.74, 6) is -0.322. The predicted octanol–water partition coefficient (Wildman–Crippen LogP) is 1.37. The first-order valence-corrected chi connectivity index (χ1v) is 6.76. The van der Waals surface area contributed by atoms with Gasteiger partial charge in [0.15, 0.2) is 5.43 Å². The second-order valence-electron chi connectivity index (χ2n) is 4.93. The molecule has 1 amide bonds. The number of aromatic amines is 1. The maximum atomic E-state index is 11.8. The normalized spacial score (nSPS) is 19.1. The molecule has 5 heteroatoms. The standard InChI is InChI=1S/C14H20N2O3/c1-10-8-13(17)12(9-16-10)14(18)15-6-5-11-4-2-3-7-19-11/h8-9,11H,2-7H2,1H3,(H,15,18)(H,16,17). The van der Waals surface area contributed by atoms with Crippen LogP contribution in [0.4, 0.5) is 0 Å². The molecule has 0 spiro atoms. The van der Waals surface area contributed by atoms with Gasteiger partial charge in [-0.2, -0.15) is 0 Å². The lowest BCUT2D eigenvalue weighted by Gasteiger charge is -2.22. The van der Waals surface area contributed by atoms with Crippen LogP contribution in [0.1, 0.15) is 41.7 Å². The Hall–Kier alpha value is -1.62. The van der Waals surface area contributed by atoms with E-state index in [1.807, 2.05) is 0 Å². The second-order valence-corrected chi connectivity index (χ2v) is 4.93. The van der Waals surface area contributed by atoms with E-state index in [4.69, 9.17) is 4.74 Å². The van der Waals surface area contributed by atoms with Crippen molar-refractivity contribution in [1.82, 2.24) is 10.3 Å². The first-order valence-electron chi connectivity index (χ1n) is 6.76. The first kappa shape index (κ1) is 13.8. The number of amides is 1. The Kier molecular flexibility index (Phi) is 4.74. The van der Waals surface area contributed by atoms with E-state index in [1.165, 1.54) is 18.7 Å². The molecule has 1 unspecified atom stereocenters.